The maximum Gasteiger partial charge on any atom is 0.214 e. The maximum atomic E-state index is 12.2. The molecule has 1 atom stereocenters. The van der Waals surface area contributed by atoms with Gasteiger partial charge in [-0.2, -0.15) is 4.31 Å². The molecule has 0 radical (unpaired) electrons. The van der Waals surface area contributed by atoms with Gasteiger partial charge in [0.15, 0.2) is 0 Å². The summed E-state index contributed by atoms with van der Waals surface area (Å²) in [6, 6.07) is -0.169. The van der Waals surface area contributed by atoms with Gasteiger partial charge in [-0.15, -0.1) is 0 Å². The molecule has 2 rings (SSSR count). The van der Waals surface area contributed by atoms with Crippen molar-refractivity contribution in [3.05, 3.63) is 18.1 Å². The number of sulfonamides is 1. The van der Waals surface area contributed by atoms with Crippen LogP contribution < -0.4 is 5.32 Å². The largest absolute Gasteiger partial charge is 0.372 e. The van der Waals surface area contributed by atoms with E-state index in [2.05, 4.69) is 15.3 Å². The van der Waals surface area contributed by atoms with Crippen molar-refractivity contribution >= 4 is 15.8 Å². The van der Waals surface area contributed by atoms with Crippen LogP contribution in [0.25, 0.3) is 0 Å². The van der Waals surface area contributed by atoms with E-state index in [0.29, 0.717) is 18.8 Å². The van der Waals surface area contributed by atoms with Gasteiger partial charge in [-0.3, -0.25) is 4.98 Å². The van der Waals surface area contributed by atoms with E-state index in [0.717, 1.165) is 18.5 Å². The molecular formula is C12H20N4O2S. The van der Waals surface area contributed by atoms with E-state index in [1.807, 2.05) is 6.92 Å². The van der Waals surface area contributed by atoms with Crippen LogP contribution in [-0.2, 0) is 10.0 Å². The van der Waals surface area contributed by atoms with E-state index in [9.17, 15) is 8.42 Å². The molecule has 0 aliphatic carbocycles. The molecule has 0 spiro atoms. The SMILES string of the molecule is CCCS(=O)(=O)N1CCCC1c1cncc(NC)n1. The fourth-order valence-electron chi connectivity index (χ4n) is 2.41. The molecule has 1 unspecified atom stereocenters. The van der Waals surface area contributed by atoms with Crippen LogP contribution >= 0.6 is 0 Å². The molecule has 0 aromatic carbocycles. The molecule has 19 heavy (non-hydrogen) atoms. The van der Waals surface area contributed by atoms with Crippen molar-refractivity contribution in [2.45, 2.75) is 32.2 Å². The molecule has 0 saturated carbocycles. The molecule has 0 amide bonds. The first-order valence-corrected chi connectivity index (χ1v) is 8.18. The Morgan fingerprint density at radius 3 is 2.95 bits per heavy atom. The molecule has 1 aromatic rings. The summed E-state index contributed by atoms with van der Waals surface area (Å²) < 4.78 is 26.0. The van der Waals surface area contributed by atoms with Crippen LogP contribution in [0.3, 0.4) is 0 Å². The molecule has 1 aliphatic rings. The third-order valence-corrected chi connectivity index (χ3v) is 5.35. The van der Waals surface area contributed by atoms with Gasteiger partial charge in [0.05, 0.1) is 29.9 Å². The molecule has 106 valence electrons. The molecule has 1 aromatic heterocycles. The van der Waals surface area contributed by atoms with Crippen molar-refractivity contribution in [3.8, 4) is 0 Å². The van der Waals surface area contributed by atoms with Gasteiger partial charge in [0.2, 0.25) is 10.0 Å². The summed E-state index contributed by atoms with van der Waals surface area (Å²) in [4.78, 5) is 8.53. The Kier molecular flexibility index (Phi) is 4.36. The molecule has 1 fully saturated rings. The van der Waals surface area contributed by atoms with Crippen LogP contribution in [0.4, 0.5) is 5.82 Å². The fourth-order valence-corrected chi connectivity index (χ4v) is 4.16. The lowest BCUT2D eigenvalue weighted by Crippen LogP contribution is -2.33. The van der Waals surface area contributed by atoms with E-state index in [4.69, 9.17) is 0 Å². The molecule has 1 saturated heterocycles. The van der Waals surface area contributed by atoms with Gasteiger partial charge in [0.1, 0.15) is 5.82 Å². The Bertz CT molecular complexity index is 532. The fraction of sp³-hybridized carbons (Fsp3) is 0.667. The summed E-state index contributed by atoms with van der Waals surface area (Å²) in [6.07, 6.45) is 5.60. The van der Waals surface area contributed by atoms with E-state index >= 15 is 0 Å². The lowest BCUT2D eigenvalue weighted by molar-refractivity contribution is 0.389. The molecule has 6 nitrogen and oxygen atoms in total. The standard InChI is InChI=1S/C12H20N4O2S/c1-3-7-19(17,18)16-6-4-5-11(16)10-8-14-9-12(13-2)15-10/h8-9,11H,3-7H2,1-2H3,(H,13,15). The Morgan fingerprint density at radius 2 is 2.26 bits per heavy atom. The number of nitrogens with one attached hydrogen (secondary N) is 1. The minimum absolute atomic E-state index is 0.169. The van der Waals surface area contributed by atoms with Crippen LogP contribution in [-0.4, -0.2) is 42.0 Å². The summed E-state index contributed by atoms with van der Waals surface area (Å²) in [7, 11) is -1.41. The Morgan fingerprint density at radius 1 is 1.47 bits per heavy atom. The highest BCUT2D eigenvalue weighted by molar-refractivity contribution is 7.89. The zero-order chi connectivity index (χ0) is 13.9. The molecule has 2 heterocycles. The number of nitrogens with zero attached hydrogens (tertiary/aromatic N) is 3. The zero-order valence-electron chi connectivity index (χ0n) is 11.3. The monoisotopic (exact) mass is 284 g/mol. The van der Waals surface area contributed by atoms with Gasteiger partial charge >= 0.3 is 0 Å². The highest BCUT2D eigenvalue weighted by atomic mass is 32.2. The van der Waals surface area contributed by atoms with Crippen molar-refractivity contribution < 1.29 is 8.42 Å². The first-order valence-electron chi connectivity index (χ1n) is 6.57. The summed E-state index contributed by atoms with van der Waals surface area (Å²) in [5.41, 5.74) is 0.726. The van der Waals surface area contributed by atoms with E-state index in [1.54, 1.807) is 23.7 Å². The van der Waals surface area contributed by atoms with Gasteiger partial charge in [0, 0.05) is 13.6 Å². The smallest absolute Gasteiger partial charge is 0.214 e. The van der Waals surface area contributed by atoms with Crippen LogP contribution in [0.15, 0.2) is 12.4 Å². The summed E-state index contributed by atoms with van der Waals surface area (Å²) in [6.45, 7) is 2.46. The van der Waals surface area contributed by atoms with Crippen LogP contribution in [0.1, 0.15) is 37.9 Å². The number of anilines is 1. The quantitative estimate of drug-likeness (QED) is 0.884. The third kappa shape index (κ3) is 3.03. The Balaban J connectivity index is 2.28. The van der Waals surface area contributed by atoms with Crippen molar-refractivity contribution in [1.29, 1.82) is 0 Å². The molecular weight excluding hydrogens is 264 g/mol. The highest BCUT2D eigenvalue weighted by Gasteiger charge is 2.35. The van der Waals surface area contributed by atoms with Gasteiger partial charge in [-0.1, -0.05) is 6.92 Å². The Labute approximate surface area is 114 Å². The average molecular weight is 284 g/mol. The van der Waals surface area contributed by atoms with E-state index in [1.165, 1.54) is 0 Å². The zero-order valence-corrected chi connectivity index (χ0v) is 12.2. The van der Waals surface area contributed by atoms with Gasteiger partial charge in [-0.05, 0) is 19.3 Å². The second kappa shape index (κ2) is 5.83. The van der Waals surface area contributed by atoms with E-state index < -0.39 is 10.0 Å². The number of hydrogen-bond acceptors (Lipinski definition) is 5. The van der Waals surface area contributed by atoms with Crippen LogP contribution in [0, 0.1) is 0 Å². The van der Waals surface area contributed by atoms with E-state index in [-0.39, 0.29) is 11.8 Å². The second-order valence-electron chi connectivity index (χ2n) is 4.66. The minimum atomic E-state index is -3.18. The highest BCUT2D eigenvalue weighted by Crippen LogP contribution is 2.33. The maximum absolute atomic E-state index is 12.2. The normalized spacial score (nSPS) is 20.6. The predicted molar refractivity (Wildman–Crippen MR) is 74.3 cm³/mol. The van der Waals surface area contributed by atoms with Gasteiger partial charge < -0.3 is 5.32 Å². The van der Waals surface area contributed by atoms with Crippen LogP contribution in [0.2, 0.25) is 0 Å². The lowest BCUT2D eigenvalue weighted by Gasteiger charge is -2.23. The number of aromatic nitrogens is 2. The topological polar surface area (TPSA) is 75.2 Å². The van der Waals surface area contributed by atoms with Crippen molar-refractivity contribution in [1.82, 2.24) is 14.3 Å². The molecule has 1 aliphatic heterocycles. The van der Waals surface area contributed by atoms with Gasteiger partial charge in [-0.25, -0.2) is 13.4 Å². The van der Waals surface area contributed by atoms with Crippen molar-refractivity contribution in [2.75, 3.05) is 24.7 Å². The minimum Gasteiger partial charge on any atom is -0.372 e. The van der Waals surface area contributed by atoms with Crippen molar-refractivity contribution in [3.63, 3.8) is 0 Å². The summed E-state index contributed by atoms with van der Waals surface area (Å²) >= 11 is 0. The first kappa shape index (κ1) is 14.2. The average Bonchev–Trinajstić information content (AvgIpc) is 2.89. The molecule has 1 N–H and O–H groups in total. The first-order chi connectivity index (χ1) is 9.08. The molecule has 7 heteroatoms. The Hall–Kier alpha value is -1.21. The van der Waals surface area contributed by atoms with Gasteiger partial charge in [0.25, 0.3) is 0 Å². The molecule has 0 bridgehead atoms. The second-order valence-corrected chi connectivity index (χ2v) is 6.71. The third-order valence-electron chi connectivity index (χ3n) is 3.27. The summed E-state index contributed by atoms with van der Waals surface area (Å²) in [5.74, 6) is 0.861. The summed E-state index contributed by atoms with van der Waals surface area (Å²) in [5, 5.41) is 2.93. The predicted octanol–water partition coefficient (Wildman–Crippen LogP) is 1.39. The lowest BCUT2D eigenvalue weighted by atomic mass is 10.2. The number of rotatable bonds is 5. The number of hydrogen-bond donors (Lipinski definition) is 1. The van der Waals surface area contributed by atoms with Crippen molar-refractivity contribution in [2.24, 2.45) is 0 Å². The van der Waals surface area contributed by atoms with Crippen LogP contribution in [0.5, 0.6) is 0 Å².